The topological polar surface area (TPSA) is 0 Å². The van der Waals surface area contributed by atoms with E-state index in [-0.39, 0.29) is 0 Å². The van der Waals surface area contributed by atoms with Crippen LogP contribution in [0.4, 0.5) is 0 Å². The molecular weight excluding hydrogens is 248 g/mol. The van der Waals surface area contributed by atoms with E-state index in [1.165, 1.54) is 29.0 Å². The van der Waals surface area contributed by atoms with Gasteiger partial charge < -0.3 is 0 Å². The fourth-order valence-electron chi connectivity index (χ4n) is 4.71. The Morgan fingerprint density at radius 3 is 2.59 bits per heavy atom. The molecule has 5 unspecified atom stereocenters. The third-order valence-corrected chi connectivity index (χ3v) is 7.40. The molecule has 5 atom stereocenters. The monoisotopic (exact) mass is 266 g/mol. The van der Waals surface area contributed by atoms with Crippen LogP contribution < -0.4 is 0 Å². The average Bonchev–Trinajstić information content (AvgIpc) is 2.79. The first-order valence-corrected chi connectivity index (χ1v) is 8.27. The van der Waals surface area contributed by atoms with Crippen LogP contribution in [0.15, 0.2) is 12.1 Å². The molecule has 1 heterocycles. The van der Waals surface area contributed by atoms with Crippen molar-refractivity contribution < 1.29 is 0 Å². The van der Waals surface area contributed by atoms with E-state index < -0.39 is 0 Å². The molecule has 3 aliphatic carbocycles. The summed E-state index contributed by atoms with van der Waals surface area (Å²) in [5.41, 5.74) is 0. The first-order valence-electron chi connectivity index (χ1n) is 7.02. The molecule has 2 bridgehead atoms. The lowest BCUT2D eigenvalue weighted by atomic mass is 10.00. The van der Waals surface area contributed by atoms with Crippen LogP contribution in [0, 0.1) is 29.6 Å². The van der Waals surface area contributed by atoms with Gasteiger partial charge in [0, 0.05) is 9.75 Å². The van der Waals surface area contributed by atoms with Gasteiger partial charge in [0.15, 0.2) is 0 Å². The average molecular weight is 267 g/mol. The second-order valence-corrected chi connectivity index (χ2v) is 7.79. The number of hydrogen-bond donors (Lipinski definition) is 0. The molecule has 0 radical (unpaired) electrons. The third kappa shape index (κ3) is 1.48. The summed E-state index contributed by atoms with van der Waals surface area (Å²) in [7, 11) is 0. The summed E-state index contributed by atoms with van der Waals surface area (Å²) < 4.78 is 0. The van der Waals surface area contributed by atoms with Crippen molar-refractivity contribution in [1.29, 1.82) is 0 Å². The quantitative estimate of drug-likeness (QED) is 0.684. The zero-order valence-electron chi connectivity index (χ0n) is 10.2. The van der Waals surface area contributed by atoms with E-state index in [9.17, 15) is 0 Å². The van der Waals surface area contributed by atoms with Gasteiger partial charge in [0.25, 0.3) is 0 Å². The molecule has 17 heavy (non-hydrogen) atoms. The minimum atomic E-state index is 0.318. The summed E-state index contributed by atoms with van der Waals surface area (Å²) in [5, 5.41) is 0.318. The Labute approximate surface area is 112 Å². The molecule has 3 fully saturated rings. The number of alkyl halides is 1. The molecule has 1 aromatic heterocycles. The van der Waals surface area contributed by atoms with Crippen LogP contribution in [0.5, 0.6) is 0 Å². The summed E-state index contributed by atoms with van der Waals surface area (Å²) in [6.45, 7) is 2.23. The van der Waals surface area contributed by atoms with Gasteiger partial charge in [0.1, 0.15) is 0 Å². The SMILES string of the molecule is CCc1ccc(C(Cl)C2C3C4CCC(C4)C32)s1. The first-order chi connectivity index (χ1) is 8.29. The van der Waals surface area contributed by atoms with E-state index in [0.29, 0.717) is 5.38 Å². The highest BCUT2D eigenvalue weighted by Gasteiger charge is 2.66. The first kappa shape index (κ1) is 10.9. The minimum absolute atomic E-state index is 0.318. The Morgan fingerprint density at radius 1 is 1.29 bits per heavy atom. The molecule has 0 nitrogen and oxygen atoms in total. The summed E-state index contributed by atoms with van der Waals surface area (Å²) in [5.74, 6) is 4.92. The molecule has 0 spiro atoms. The van der Waals surface area contributed by atoms with Gasteiger partial charge in [0.05, 0.1) is 5.38 Å². The highest BCUT2D eigenvalue weighted by molar-refractivity contribution is 7.12. The van der Waals surface area contributed by atoms with E-state index in [0.717, 1.165) is 36.0 Å². The van der Waals surface area contributed by atoms with Crippen LogP contribution in [-0.2, 0) is 6.42 Å². The molecular formula is C15H19ClS. The normalized spacial score (nSPS) is 43.8. The van der Waals surface area contributed by atoms with E-state index in [1.54, 1.807) is 0 Å². The van der Waals surface area contributed by atoms with Gasteiger partial charge >= 0.3 is 0 Å². The predicted octanol–water partition coefficient (Wildman–Crippen LogP) is 4.88. The lowest BCUT2D eigenvalue weighted by Crippen LogP contribution is -2.02. The van der Waals surface area contributed by atoms with Gasteiger partial charge in [-0.25, -0.2) is 0 Å². The zero-order valence-corrected chi connectivity index (χ0v) is 11.8. The van der Waals surface area contributed by atoms with Gasteiger partial charge in [-0.2, -0.15) is 0 Å². The third-order valence-electron chi connectivity index (χ3n) is 5.44. The number of rotatable bonds is 3. The van der Waals surface area contributed by atoms with Gasteiger partial charge in [-0.3, -0.25) is 0 Å². The summed E-state index contributed by atoms with van der Waals surface area (Å²) in [6, 6.07) is 4.54. The van der Waals surface area contributed by atoms with Crippen LogP contribution in [0.3, 0.4) is 0 Å². The Balaban J connectivity index is 1.53. The summed E-state index contributed by atoms with van der Waals surface area (Å²) in [6.07, 6.45) is 5.67. The molecule has 0 saturated heterocycles. The summed E-state index contributed by atoms with van der Waals surface area (Å²) in [4.78, 5) is 2.92. The van der Waals surface area contributed by atoms with E-state index in [4.69, 9.17) is 11.6 Å². The van der Waals surface area contributed by atoms with E-state index in [1.807, 2.05) is 11.3 Å². The largest absolute Gasteiger partial charge is 0.144 e. The highest BCUT2D eigenvalue weighted by atomic mass is 35.5. The van der Waals surface area contributed by atoms with E-state index >= 15 is 0 Å². The lowest BCUT2D eigenvalue weighted by Gasteiger charge is -2.12. The van der Waals surface area contributed by atoms with E-state index in [2.05, 4.69) is 19.1 Å². The van der Waals surface area contributed by atoms with Crippen molar-refractivity contribution >= 4 is 22.9 Å². The molecule has 0 amide bonds. The van der Waals surface area contributed by atoms with Gasteiger partial charge in [-0.15, -0.1) is 22.9 Å². The van der Waals surface area contributed by atoms with Crippen molar-refractivity contribution in [3.8, 4) is 0 Å². The number of hydrogen-bond acceptors (Lipinski definition) is 1. The fraction of sp³-hybridized carbons (Fsp3) is 0.733. The Bertz CT molecular complexity index is 422. The number of aryl methyl sites for hydroxylation is 1. The smallest absolute Gasteiger partial charge is 0.0712 e. The van der Waals surface area contributed by atoms with Crippen LogP contribution in [0.1, 0.15) is 41.3 Å². The van der Waals surface area contributed by atoms with Crippen molar-refractivity contribution in [2.75, 3.05) is 0 Å². The van der Waals surface area contributed by atoms with Crippen molar-refractivity contribution in [2.45, 2.75) is 38.0 Å². The molecule has 92 valence electrons. The maximum atomic E-state index is 6.74. The predicted molar refractivity (Wildman–Crippen MR) is 73.6 cm³/mol. The molecule has 3 aliphatic rings. The number of halogens is 1. The second-order valence-electron chi connectivity index (χ2n) is 6.12. The molecule has 0 aromatic carbocycles. The van der Waals surface area contributed by atoms with Crippen LogP contribution in [-0.4, -0.2) is 0 Å². The van der Waals surface area contributed by atoms with Crippen molar-refractivity contribution in [3.05, 3.63) is 21.9 Å². The lowest BCUT2D eigenvalue weighted by molar-refractivity contribution is 0.456. The minimum Gasteiger partial charge on any atom is -0.144 e. The van der Waals surface area contributed by atoms with Gasteiger partial charge in [0.2, 0.25) is 0 Å². The Morgan fingerprint density at radius 2 is 2.00 bits per heavy atom. The van der Waals surface area contributed by atoms with Crippen molar-refractivity contribution in [1.82, 2.24) is 0 Å². The summed E-state index contributed by atoms with van der Waals surface area (Å²) >= 11 is 8.68. The molecule has 0 N–H and O–H groups in total. The standard InChI is InChI=1S/C15H19ClS/c1-2-10-5-6-11(17-10)15(16)14-12-8-3-4-9(7-8)13(12)14/h5-6,8-9,12-15H,2-4,7H2,1H3. The van der Waals surface area contributed by atoms with Crippen LogP contribution in [0.25, 0.3) is 0 Å². The van der Waals surface area contributed by atoms with Crippen LogP contribution >= 0.6 is 22.9 Å². The van der Waals surface area contributed by atoms with Crippen molar-refractivity contribution in [2.24, 2.45) is 29.6 Å². The number of thiophene rings is 1. The maximum absolute atomic E-state index is 6.74. The fourth-order valence-corrected chi connectivity index (χ4v) is 6.24. The Kier molecular flexibility index (Phi) is 2.39. The zero-order chi connectivity index (χ0) is 11.6. The second kappa shape index (κ2) is 3.74. The maximum Gasteiger partial charge on any atom is 0.0712 e. The molecule has 4 rings (SSSR count). The van der Waals surface area contributed by atoms with Crippen LogP contribution in [0.2, 0.25) is 0 Å². The van der Waals surface area contributed by atoms with Crippen molar-refractivity contribution in [3.63, 3.8) is 0 Å². The number of fused-ring (bicyclic) bond motifs is 5. The molecule has 1 aromatic rings. The highest BCUT2D eigenvalue weighted by Crippen LogP contribution is 2.73. The molecule has 0 aliphatic heterocycles. The Hall–Kier alpha value is -0.0100. The molecule has 2 heteroatoms. The van der Waals surface area contributed by atoms with Gasteiger partial charge in [-0.1, -0.05) is 6.92 Å². The van der Waals surface area contributed by atoms with Gasteiger partial charge in [-0.05, 0) is 67.4 Å². The molecule has 3 saturated carbocycles.